The molecule has 7 heteroatoms. The van der Waals surface area contributed by atoms with E-state index in [1.165, 1.54) is 0 Å². The molecule has 0 spiro atoms. The fourth-order valence-electron chi connectivity index (χ4n) is 4.11. The molecule has 0 unspecified atom stereocenters. The molecule has 2 aromatic heterocycles. The number of carbonyl (C=O) groups is 2. The number of piperazine rings is 1. The summed E-state index contributed by atoms with van der Waals surface area (Å²) < 4.78 is 12.7. The van der Waals surface area contributed by atoms with Crippen LogP contribution < -0.4 is 4.74 Å². The first kappa shape index (κ1) is 20.8. The highest BCUT2D eigenvalue weighted by Crippen LogP contribution is 2.25. The van der Waals surface area contributed by atoms with E-state index in [0.29, 0.717) is 48.9 Å². The number of ether oxygens (including phenoxy) is 1. The quantitative estimate of drug-likeness (QED) is 0.588. The minimum absolute atomic E-state index is 0.0540. The molecule has 31 heavy (non-hydrogen) atoms. The van der Waals surface area contributed by atoms with Crippen LogP contribution in [-0.2, 0) is 6.54 Å². The number of nitrogens with zero attached hydrogens (tertiary/aromatic N) is 3. The van der Waals surface area contributed by atoms with Gasteiger partial charge in [-0.1, -0.05) is 18.2 Å². The molecule has 4 rings (SSSR count). The second-order valence-corrected chi connectivity index (χ2v) is 8.08. The standard InChI is InChI=1S/C24H27N3O4/c1-16(2)14-27-21(13-19-8-11-31-24(19)27)23(29)25-9-10-26(17(3)15-25)22(28)18-6-5-7-20(12-18)30-4/h5-8,11-13,17H,1,9-10,14-15H2,2-4H3/t17-/m0/s1. The van der Waals surface area contributed by atoms with Gasteiger partial charge >= 0.3 is 0 Å². The van der Waals surface area contributed by atoms with Crippen molar-refractivity contribution in [3.8, 4) is 5.75 Å². The minimum atomic E-state index is -0.107. The van der Waals surface area contributed by atoms with E-state index in [9.17, 15) is 9.59 Å². The lowest BCUT2D eigenvalue weighted by Crippen LogP contribution is -2.55. The third-order valence-electron chi connectivity index (χ3n) is 5.64. The van der Waals surface area contributed by atoms with E-state index in [-0.39, 0.29) is 17.9 Å². The largest absolute Gasteiger partial charge is 0.497 e. The van der Waals surface area contributed by atoms with Crippen molar-refractivity contribution in [1.82, 2.24) is 14.4 Å². The molecule has 3 aromatic rings. The molecule has 1 aliphatic rings. The lowest BCUT2D eigenvalue weighted by atomic mass is 10.1. The third kappa shape index (κ3) is 3.95. The van der Waals surface area contributed by atoms with Crippen molar-refractivity contribution in [2.75, 3.05) is 26.7 Å². The van der Waals surface area contributed by atoms with Crippen LogP contribution in [0.1, 0.15) is 34.7 Å². The number of aromatic nitrogens is 1. The number of benzene rings is 1. The molecule has 1 aliphatic heterocycles. The molecule has 0 bridgehead atoms. The SMILES string of the molecule is C=C(C)Cn1c(C(=O)N2CCN(C(=O)c3cccc(OC)c3)[C@@H](C)C2)cc2ccoc21. The number of furan rings is 1. The van der Waals surface area contributed by atoms with Gasteiger partial charge in [0, 0.05) is 43.2 Å². The molecule has 1 fully saturated rings. The Balaban J connectivity index is 1.52. The summed E-state index contributed by atoms with van der Waals surface area (Å²) in [5.74, 6) is 0.532. The Hall–Kier alpha value is -3.48. The molecule has 3 heterocycles. The summed E-state index contributed by atoms with van der Waals surface area (Å²) in [4.78, 5) is 30.0. The molecule has 2 amide bonds. The molecule has 7 nitrogen and oxygen atoms in total. The number of hydrogen-bond acceptors (Lipinski definition) is 4. The van der Waals surface area contributed by atoms with Crippen molar-refractivity contribution in [1.29, 1.82) is 0 Å². The zero-order chi connectivity index (χ0) is 22.1. The Labute approximate surface area is 181 Å². The zero-order valence-electron chi connectivity index (χ0n) is 18.1. The van der Waals surface area contributed by atoms with Gasteiger partial charge in [0.05, 0.1) is 13.4 Å². The van der Waals surface area contributed by atoms with E-state index in [0.717, 1.165) is 11.0 Å². The fraction of sp³-hybridized carbons (Fsp3) is 0.333. The Kier molecular flexibility index (Phi) is 5.59. The summed E-state index contributed by atoms with van der Waals surface area (Å²) in [6.07, 6.45) is 1.62. The number of rotatable bonds is 5. The van der Waals surface area contributed by atoms with Crippen LogP contribution in [0, 0.1) is 0 Å². The van der Waals surface area contributed by atoms with Crippen LogP contribution >= 0.6 is 0 Å². The number of hydrogen-bond donors (Lipinski definition) is 0. The number of amides is 2. The summed E-state index contributed by atoms with van der Waals surface area (Å²) in [7, 11) is 1.58. The molecular formula is C24H27N3O4. The third-order valence-corrected chi connectivity index (χ3v) is 5.64. The van der Waals surface area contributed by atoms with Crippen LogP contribution in [-0.4, -0.2) is 59.0 Å². The molecule has 1 saturated heterocycles. The maximum atomic E-state index is 13.4. The summed E-state index contributed by atoms with van der Waals surface area (Å²) in [6, 6.07) is 10.8. The molecular weight excluding hydrogens is 394 g/mol. The van der Waals surface area contributed by atoms with E-state index in [2.05, 4.69) is 6.58 Å². The molecule has 162 valence electrons. The van der Waals surface area contributed by atoms with Crippen LogP contribution in [0.3, 0.4) is 0 Å². The first-order chi connectivity index (χ1) is 14.9. The van der Waals surface area contributed by atoms with Crippen molar-refractivity contribution in [2.45, 2.75) is 26.4 Å². The van der Waals surface area contributed by atoms with E-state index in [4.69, 9.17) is 9.15 Å². The minimum Gasteiger partial charge on any atom is -0.497 e. The molecule has 1 aromatic carbocycles. The van der Waals surface area contributed by atoms with Gasteiger partial charge in [0.2, 0.25) is 5.71 Å². The smallest absolute Gasteiger partial charge is 0.270 e. The lowest BCUT2D eigenvalue weighted by molar-refractivity contribution is 0.0409. The molecule has 0 saturated carbocycles. The van der Waals surface area contributed by atoms with Gasteiger partial charge in [-0.15, -0.1) is 0 Å². The monoisotopic (exact) mass is 421 g/mol. The van der Waals surface area contributed by atoms with Gasteiger partial charge in [0.1, 0.15) is 11.4 Å². The normalized spacial score (nSPS) is 16.5. The summed E-state index contributed by atoms with van der Waals surface area (Å²) in [6.45, 7) is 9.79. The Bertz CT molecular complexity index is 1140. The topological polar surface area (TPSA) is 67.9 Å². The van der Waals surface area contributed by atoms with Crippen LogP contribution in [0.5, 0.6) is 5.75 Å². The van der Waals surface area contributed by atoms with Gasteiger partial charge in [-0.05, 0) is 44.2 Å². The van der Waals surface area contributed by atoms with E-state index in [1.807, 2.05) is 52.5 Å². The first-order valence-corrected chi connectivity index (χ1v) is 10.3. The van der Waals surface area contributed by atoms with E-state index in [1.54, 1.807) is 25.5 Å². The Morgan fingerprint density at radius 1 is 1.19 bits per heavy atom. The van der Waals surface area contributed by atoms with Crippen LogP contribution in [0.15, 0.2) is 59.2 Å². The molecule has 1 atom stereocenters. The second kappa shape index (κ2) is 8.34. The summed E-state index contributed by atoms with van der Waals surface area (Å²) in [5.41, 5.74) is 2.77. The van der Waals surface area contributed by atoms with Gasteiger partial charge in [-0.2, -0.15) is 0 Å². The van der Waals surface area contributed by atoms with Crippen molar-refractivity contribution < 1.29 is 18.7 Å². The van der Waals surface area contributed by atoms with Crippen LogP contribution in [0.4, 0.5) is 0 Å². The fourth-order valence-corrected chi connectivity index (χ4v) is 4.11. The number of fused-ring (bicyclic) bond motifs is 1. The van der Waals surface area contributed by atoms with Crippen molar-refractivity contribution in [3.05, 3.63) is 66.1 Å². The molecule has 0 aliphatic carbocycles. The van der Waals surface area contributed by atoms with Gasteiger partial charge in [-0.3, -0.25) is 9.59 Å². The Morgan fingerprint density at radius 3 is 2.71 bits per heavy atom. The van der Waals surface area contributed by atoms with Crippen molar-refractivity contribution in [3.63, 3.8) is 0 Å². The molecule has 0 N–H and O–H groups in total. The average Bonchev–Trinajstić information content (AvgIpc) is 3.35. The second-order valence-electron chi connectivity index (χ2n) is 8.08. The van der Waals surface area contributed by atoms with Gasteiger partial charge < -0.3 is 23.5 Å². The predicted molar refractivity (Wildman–Crippen MR) is 118 cm³/mol. The highest BCUT2D eigenvalue weighted by Gasteiger charge is 2.32. The highest BCUT2D eigenvalue weighted by molar-refractivity contribution is 5.98. The van der Waals surface area contributed by atoms with Gasteiger partial charge in [-0.25, -0.2) is 0 Å². The predicted octanol–water partition coefficient (Wildman–Crippen LogP) is 3.81. The van der Waals surface area contributed by atoms with Crippen LogP contribution in [0.25, 0.3) is 11.1 Å². The van der Waals surface area contributed by atoms with Gasteiger partial charge in [0.25, 0.3) is 11.8 Å². The summed E-state index contributed by atoms with van der Waals surface area (Å²) >= 11 is 0. The lowest BCUT2D eigenvalue weighted by Gasteiger charge is -2.40. The first-order valence-electron chi connectivity index (χ1n) is 10.3. The van der Waals surface area contributed by atoms with Gasteiger partial charge in [0.15, 0.2) is 0 Å². The number of methoxy groups -OCH3 is 1. The number of allylic oxidation sites excluding steroid dienone is 1. The Morgan fingerprint density at radius 2 is 2.00 bits per heavy atom. The maximum Gasteiger partial charge on any atom is 0.270 e. The van der Waals surface area contributed by atoms with E-state index < -0.39 is 0 Å². The highest BCUT2D eigenvalue weighted by atomic mass is 16.5. The maximum absolute atomic E-state index is 13.4. The summed E-state index contributed by atoms with van der Waals surface area (Å²) in [5, 5.41) is 0.893. The average molecular weight is 421 g/mol. The molecule has 0 radical (unpaired) electrons. The zero-order valence-corrected chi connectivity index (χ0v) is 18.1. The number of carbonyl (C=O) groups excluding carboxylic acids is 2. The van der Waals surface area contributed by atoms with Crippen LogP contribution in [0.2, 0.25) is 0 Å². The van der Waals surface area contributed by atoms with E-state index >= 15 is 0 Å². The van der Waals surface area contributed by atoms with Crippen molar-refractivity contribution in [2.24, 2.45) is 0 Å². The van der Waals surface area contributed by atoms with Crippen molar-refractivity contribution >= 4 is 22.9 Å².